The summed E-state index contributed by atoms with van der Waals surface area (Å²) in [6, 6.07) is 7.54. The van der Waals surface area contributed by atoms with Gasteiger partial charge in [0.15, 0.2) is 0 Å². The summed E-state index contributed by atoms with van der Waals surface area (Å²) in [7, 11) is 0. The van der Waals surface area contributed by atoms with Crippen molar-refractivity contribution in [3.63, 3.8) is 0 Å². The Hall–Kier alpha value is -2.57. The van der Waals surface area contributed by atoms with Crippen LogP contribution in [0.5, 0.6) is 0 Å². The van der Waals surface area contributed by atoms with Gasteiger partial charge in [0.2, 0.25) is 11.8 Å². The van der Waals surface area contributed by atoms with Gasteiger partial charge in [-0.25, -0.2) is 4.79 Å². The Morgan fingerprint density at radius 3 is 2.29 bits per heavy atom. The van der Waals surface area contributed by atoms with Crippen molar-refractivity contribution >= 4 is 23.5 Å². The summed E-state index contributed by atoms with van der Waals surface area (Å²) in [5, 5.41) is 11.5. The van der Waals surface area contributed by atoms with E-state index in [1.54, 1.807) is 0 Å². The van der Waals surface area contributed by atoms with Crippen molar-refractivity contribution < 1.29 is 14.4 Å². The first-order valence-corrected chi connectivity index (χ1v) is 10.3. The van der Waals surface area contributed by atoms with Gasteiger partial charge in [-0.3, -0.25) is 9.59 Å². The second kappa shape index (κ2) is 10.1. The van der Waals surface area contributed by atoms with Crippen LogP contribution in [0, 0.1) is 5.92 Å². The van der Waals surface area contributed by atoms with Gasteiger partial charge in [0.1, 0.15) is 0 Å². The Balaban J connectivity index is 1.28. The van der Waals surface area contributed by atoms with E-state index < -0.39 is 0 Å². The quantitative estimate of drug-likeness (QED) is 0.553. The lowest BCUT2D eigenvalue weighted by Crippen LogP contribution is -2.43. The zero-order valence-electron chi connectivity index (χ0n) is 16.3. The molecule has 4 amide bonds. The SMILES string of the molecule is O=C(CCNC(=O)NC1CCCCC1)NCc1ccc(NC(=O)C2CC2)cc1. The maximum absolute atomic E-state index is 11.9. The lowest BCUT2D eigenvalue weighted by Gasteiger charge is -2.22. The molecule has 2 aliphatic rings. The van der Waals surface area contributed by atoms with Gasteiger partial charge in [0, 0.05) is 37.2 Å². The number of anilines is 1. The number of hydrogen-bond acceptors (Lipinski definition) is 3. The normalized spacial score (nSPS) is 16.9. The second-order valence-corrected chi connectivity index (χ2v) is 7.72. The lowest BCUT2D eigenvalue weighted by atomic mass is 9.96. The van der Waals surface area contributed by atoms with Gasteiger partial charge < -0.3 is 21.3 Å². The first-order valence-electron chi connectivity index (χ1n) is 10.3. The summed E-state index contributed by atoms with van der Waals surface area (Å²) in [6.07, 6.45) is 7.86. The summed E-state index contributed by atoms with van der Waals surface area (Å²) >= 11 is 0. The van der Waals surface area contributed by atoms with E-state index in [-0.39, 0.29) is 36.2 Å². The molecule has 1 aromatic carbocycles. The molecule has 2 fully saturated rings. The van der Waals surface area contributed by atoms with E-state index in [1.807, 2.05) is 24.3 Å². The van der Waals surface area contributed by atoms with Gasteiger partial charge in [0.25, 0.3) is 0 Å². The fourth-order valence-electron chi connectivity index (χ4n) is 3.36. The molecular weight excluding hydrogens is 356 g/mol. The highest BCUT2D eigenvalue weighted by atomic mass is 16.2. The lowest BCUT2D eigenvalue weighted by molar-refractivity contribution is -0.121. The molecule has 2 aliphatic carbocycles. The highest BCUT2D eigenvalue weighted by Gasteiger charge is 2.29. The molecule has 0 bridgehead atoms. The fourth-order valence-corrected chi connectivity index (χ4v) is 3.36. The first-order chi connectivity index (χ1) is 13.6. The van der Waals surface area contributed by atoms with Crippen molar-refractivity contribution in [3.8, 4) is 0 Å². The van der Waals surface area contributed by atoms with Gasteiger partial charge in [-0.1, -0.05) is 31.4 Å². The third kappa shape index (κ3) is 6.87. The molecule has 152 valence electrons. The van der Waals surface area contributed by atoms with Crippen molar-refractivity contribution in [2.24, 2.45) is 5.92 Å². The Morgan fingerprint density at radius 2 is 1.61 bits per heavy atom. The van der Waals surface area contributed by atoms with E-state index in [2.05, 4.69) is 21.3 Å². The minimum absolute atomic E-state index is 0.0843. The average molecular weight is 386 g/mol. The van der Waals surface area contributed by atoms with Crippen LogP contribution in [0.4, 0.5) is 10.5 Å². The summed E-state index contributed by atoms with van der Waals surface area (Å²) in [5.74, 6) is 0.155. The topological polar surface area (TPSA) is 99.3 Å². The monoisotopic (exact) mass is 386 g/mol. The maximum Gasteiger partial charge on any atom is 0.315 e. The molecule has 0 spiro atoms. The highest BCUT2D eigenvalue weighted by molar-refractivity contribution is 5.94. The van der Waals surface area contributed by atoms with Crippen LogP contribution in [-0.2, 0) is 16.1 Å². The third-order valence-corrected chi connectivity index (χ3v) is 5.24. The van der Waals surface area contributed by atoms with Crippen molar-refractivity contribution in [2.75, 3.05) is 11.9 Å². The van der Waals surface area contributed by atoms with E-state index >= 15 is 0 Å². The standard InChI is InChI=1S/C21H30N4O3/c26-19(12-13-22-21(28)25-17-4-2-1-3-5-17)23-14-15-6-10-18(11-7-15)24-20(27)16-8-9-16/h6-7,10-11,16-17H,1-5,8-9,12-14H2,(H,23,26)(H,24,27)(H2,22,25,28). The molecule has 2 saturated carbocycles. The van der Waals surface area contributed by atoms with Crippen LogP contribution in [0.3, 0.4) is 0 Å². The molecule has 7 nitrogen and oxygen atoms in total. The van der Waals surface area contributed by atoms with Crippen LogP contribution in [-0.4, -0.2) is 30.4 Å². The predicted octanol–water partition coefficient (Wildman–Crippen LogP) is 2.67. The van der Waals surface area contributed by atoms with Crippen molar-refractivity contribution in [1.29, 1.82) is 0 Å². The molecule has 4 N–H and O–H groups in total. The number of hydrogen-bond donors (Lipinski definition) is 4. The minimum Gasteiger partial charge on any atom is -0.352 e. The van der Waals surface area contributed by atoms with Crippen molar-refractivity contribution in [1.82, 2.24) is 16.0 Å². The molecule has 0 saturated heterocycles. The van der Waals surface area contributed by atoms with Gasteiger partial charge in [-0.15, -0.1) is 0 Å². The molecule has 1 aromatic rings. The van der Waals surface area contributed by atoms with Crippen molar-refractivity contribution in [2.45, 2.75) is 64.0 Å². The number of rotatable bonds is 8. The van der Waals surface area contributed by atoms with Gasteiger partial charge >= 0.3 is 6.03 Å². The number of nitrogens with one attached hydrogen (secondary N) is 4. The maximum atomic E-state index is 11.9. The molecule has 0 unspecified atom stereocenters. The van der Waals surface area contributed by atoms with E-state index in [0.717, 1.165) is 36.9 Å². The number of urea groups is 1. The zero-order chi connectivity index (χ0) is 19.8. The van der Waals surface area contributed by atoms with Gasteiger partial charge in [0.05, 0.1) is 0 Å². The smallest absolute Gasteiger partial charge is 0.315 e. The van der Waals surface area contributed by atoms with E-state index in [9.17, 15) is 14.4 Å². The van der Waals surface area contributed by atoms with Gasteiger partial charge in [-0.2, -0.15) is 0 Å². The molecule has 28 heavy (non-hydrogen) atoms. The molecule has 0 radical (unpaired) electrons. The Kier molecular flexibility index (Phi) is 7.28. The number of amides is 4. The Labute approximate surface area is 166 Å². The first kappa shape index (κ1) is 20.2. The molecular formula is C21H30N4O3. The van der Waals surface area contributed by atoms with Crippen LogP contribution >= 0.6 is 0 Å². The van der Waals surface area contributed by atoms with Crippen molar-refractivity contribution in [3.05, 3.63) is 29.8 Å². The van der Waals surface area contributed by atoms with E-state index in [1.165, 1.54) is 19.3 Å². The van der Waals surface area contributed by atoms with Crippen LogP contribution in [0.25, 0.3) is 0 Å². The molecule has 3 rings (SSSR count). The summed E-state index contributed by atoms with van der Waals surface area (Å²) in [4.78, 5) is 35.5. The minimum atomic E-state index is -0.191. The Morgan fingerprint density at radius 1 is 0.893 bits per heavy atom. The van der Waals surface area contributed by atoms with Gasteiger partial charge in [-0.05, 0) is 43.4 Å². The number of benzene rings is 1. The van der Waals surface area contributed by atoms with Crippen LogP contribution < -0.4 is 21.3 Å². The average Bonchev–Trinajstić information content (AvgIpc) is 3.54. The second-order valence-electron chi connectivity index (χ2n) is 7.72. The third-order valence-electron chi connectivity index (χ3n) is 5.24. The number of carbonyl (C=O) groups is 3. The van der Waals surface area contributed by atoms with Crippen LogP contribution in [0.15, 0.2) is 24.3 Å². The van der Waals surface area contributed by atoms with E-state index in [0.29, 0.717) is 13.1 Å². The summed E-state index contributed by atoms with van der Waals surface area (Å²) in [6.45, 7) is 0.737. The van der Waals surface area contributed by atoms with Crippen LogP contribution in [0.1, 0.15) is 56.9 Å². The molecule has 7 heteroatoms. The Bertz CT molecular complexity index is 679. The zero-order valence-corrected chi connectivity index (χ0v) is 16.3. The van der Waals surface area contributed by atoms with Crippen LogP contribution in [0.2, 0.25) is 0 Å². The molecule has 0 aliphatic heterocycles. The summed E-state index contributed by atoms with van der Waals surface area (Å²) in [5.41, 5.74) is 1.74. The van der Waals surface area contributed by atoms with E-state index in [4.69, 9.17) is 0 Å². The molecule has 0 aromatic heterocycles. The fraction of sp³-hybridized carbons (Fsp3) is 0.571. The number of carbonyl (C=O) groups excluding carboxylic acids is 3. The molecule has 0 heterocycles. The highest BCUT2D eigenvalue weighted by Crippen LogP contribution is 2.30. The summed E-state index contributed by atoms with van der Waals surface area (Å²) < 4.78 is 0. The largest absolute Gasteiger partial charge is 0.352 e. The predicted molar refractivity (Wildman–Crippen MR) is 108 cm³/mol. The molecule has 0 atom stereocenters.